The number of fused-ring (bicyclic) bond motifs is 1. The number of aromatic nitrogens is 4. The number of aromatic amines is 2. The average Bonchev–Trinajstić information content (AvgIpc) is 3.14. The van der Waals surface area contributed by atoms with Crippen LogP contribution in [0.3, 0.4) is 0 Å². The number of benzene rings is 2. The van der Waals surface area contributed by atoms with Crippen molar-refractivity contribution in [2.75, 3.05) is 19.0 Å². The van der Waals surface area contributed by atoms with Crippen molar-refractivity contribution in [3.63, 3.8) is 0 Å². The summed E-state index contributed by atoms with van der Waals surface area (Å²) in [6.45, 7) is 4.80. The molecule has 7 heteroatoms. The minimum atomic E-state index is -0.405. The minimum absolute atomic E-state index is 0.401. The van der Waals surface area contributed by atoms with Gasteiger partial charge in [-0.05, 0) is 36.2 Å². The number of hydrogen-bond acceptors (Lipinski definition) is 5. The monoisotopic (exact) mass is 389 g/mol. The Kier molecular flexibility index (Phi) is 5.03. The second-order valence-electron chi connectivity index (χ2n) is 7.27. The van der Waals surface area contributed by atoms with Gasteiger partial charge >= 0.3 is 5.69 Å². The summed E-state index contributed by atoms with van der Waals surface area (Å²) in [5.41, 5.74) is 3.43. The normalized spacial score (nSPS) is 11.2. The number of para-hydroxylation sites is 1. The zero-order valence-corrected chi connectivity index (χ0v) is 16.6. The fourth-order valence-electron chi connectivity index (χ4n) is 3.19. The van der Waals surface area contributed by atoms with E-state index in [0.29, 0.717) is 23.9 Å². The maximum Gasteiger partial charge on any atom is 0.345 e. The Morgan fingerprint density at radius 2 is 1.97 bits per heavy atom. The summed E-state index contributed by atoms with van der Waals surface area (Å²) >= 11 is 0. The van der Waals surface area contributed by atoms with Crippen molar-refractivity contribution in [1.82, 2.24) is 20.2 Å². The molecule has 2 aromatic carbocycles. The van der Waals surface area contributed by atoms with Crippen molar-refractivity contribution < 1.29 is 4.74 Å². The molecule has 0 aliphatic heterocycles. The first-order valence-electron chi connectivity index (χ1n) is 9.55. The Bertz CT molecular complexity index is 1210. The molecule has 0 atom stereocenters. The Balaban J connectivity index is 1.79. The lowest BCUT2D eigenvalue weighted by Crippen LogP contribution is -2.12. The second-order valence-corrected chi connectivity index (χ2v) is 7.27. The van der Waals surface area contributed by atoms with Crippen LogP contribution in [0.15, 0.2) is 53.3 Å². The average molecular weight is 389 g/mol. The number of rotatable bonds is 6. The summed E-state index contributed by atoms with van der Waals surface area (Å²) in [4.78, 5) is 19.3. The molecule has 0 fully saturated rings. The number of nitrogens with one attached hydrogen (secondary N) is 3. The van der Waals surface area contributed by atoms with Crippen LogP contribution in [0.2, 0.25) is 0 Å². The zero-order chi connectivity index (χ0) is 20.4. The third-order valence-corrected chi connectivity index (χ3v) is 4.59. The van der Waals surface area contributed by atoms with E-state index in [0.717, 1.165) is 33.6 Å². The predicted octanol–water partition coefficient (Wildman–Crippen LogP) is 4.06. The Morgan fingerprint density at radius 3 is 2.76 bits per heavy atom. The first-order valence-corrected chi connectivity index (χ1v) is 9.55. The molecule has 7 nitrogen and oxygen atoms in total. The molecular weight excluding hydrogens is 366 g/mol. The molecule has 2 heterocycles. The molecule has 3 N–H and O–H groups in total. The number of H-pyrrole nitrogens is 2. The van der Waals surface area contributed by atoms with Gasteiger partial charge in [-0.1, -0.05) is 32.0 Å². The van der Waals surface area contributed by atoms with Crippen LogP contribution in [0, 0.1) is 5.92 Å². The first kappa shape index (κ1) is 18.7. The summed E-state index contributed by atoms with van der Waals surface area (Å²) in [6, 6.07) is 15.4. The van der Waals surface area contributed by atoms with Crippen molar-refractivity contribution in [2.45, 2.75) is 13.8 Å². The molecule has 0 unspecified atom stereocenters. The smallest absolute Gasteiger partial charge is 0.345 e. The highest BCUT2D eigenvalue weighted by Crippen LogP contribution is 2.31. The van der Waals surface area contributed by atoms with Crippen LogP contribution < -0.4 is 15.7 Å². The van der Waals surface area contributed by atoms with Crippen molar-refractivity contribution >= 4 is 16.7 Å². The molecule has 0 aliphatic rings. The SMILES string of the molecule is CNc1n[nH]c2ccc(-c3cc(-c4ccccc4OCC(C)C)[nH]c(=O)n3)cc12. The van der Waals surface area contributed by atoms with Gasteiger partial charge in [0, 0.05) is 23.6 Å². The number of nitrogens with zero attached hydrogens (tertiary/aromatic N) is 2. The van der Waals surface area contributed by atoms with Gasteiger partial charge in [-0.3, -0.25) is 5.10 Å². The van der Waals surface area contributed by atoms with Gasteiger partial charge in [0.05, 0.1) is 23.5 Å². The summed E-state index contributed by atoms with van der Waals surface area (Å²) in [5, 5.41) is 11.2. The highest BCUT2D eigenvalue weighted by Gasteiger charge is 2.12. The summed E-state index contributed by atoms with van der Waals surface area (Å²) in [7, 11) is 1.82. The molecule has 148 valence electrons. The molecule has 0 saturated heterocycles. The highest BCUT2D eigenvalue weighted by molar-refractivity contribution is 5.93. The third kappa shape index (κ3) is 3.85. The van der Waals surface area contributed by atoms with Crippen LogP contribution in [0.1, 0.15) is 13.8 Å². The molecule has 0 aliphatic carbocycles. The number of ether oxygens (including phenoxy) is 1. The van der Waals surface area contributed by atoms with Gasteiger partial charge in [0.15, 0.2) is 5.82 Å². The van der Waals surface area contributed by atoms with Gasteiger partial charge in [-0.25, -0.2) is 4.79 Å². The van der Waals surface area contributed by atoms with E-state index in [9.17, 15) is 4.79 Å². The summed E-state index contributed by atoms with van der Waals surface area (Å²) < 4.78 is 5.95. The minimum Gasteiger partial charge on any atom is -0.493 e. The quantitative estimate of drug-likeness (QED) is 0.462. The molecule has 0 spiro atoms. The van der Waals surface area contributed by atoms with Crippen LogP contribution in [-0.2, 0) is 0 Å². The largest absolute Gasteiger partial charge is 0.493 e. The fraction of sp³-hybridized carbons (Fsp3) is 0.227. The molecule has 4 rings (SSSR count). The lowest BCUT2D eigenvalue weighted by Gasteiger charge is -2.13. The second kappa shape index (κ2) is 7.79. The molecule has 29 heavy (non-hydrogen) atoms. The van der Waals surface area contributed by atoms with E-state index in [2.05, 4.69) is 39.3 Å². The van der Waals surface area contributed by atoms with Crippen molar-refractivity contribution in [2.24, 2.45) is 5.92 Å². The standard InChI is InChI=1S/C22H23N5O2/c1-13(2)12-29-20-7-5-4-6-15(20)19-11-18(24-22(28)25-19)14-8-9-17-16(10-14)21(23-3)27-26-17/h4-11,13H,12H2,1-3H3,(H2,23,26,27)(H,24,25,28). The van der Waals surface area contributed by atoms with Crippen molar-refractivity contribution in [3.05, 3.63) is 59.0 Å². The molecule has 0 amide bonds. The van der Waals surface area contributed by atoms with E-state index in [-0.39, 0.29) is 0 Å². The summed E-state index contributed by atoms with van der Waals surface area (Å²) in [6.07, 6.45) is 0. The maximum atomic E-state index is 12.3. The van der Waals surface area contributed by atoms with Crippen LogP contribution in [0.25, 0.3) is 33.4 Å². The topological polar surface area (TPSA) is 95.7 Å². The number of anilines is 1. The van der Waals surface area contributed by atoms with Crippen molar-refractivity contribution in [1.29, 1.82) is 0 Å². The Labute approximate surface area is 168 Å². The summed E-state index contributed by atoms with van der Waals surface area (Å²) in [5.74, 6) is 1.88. The van der Waals surface area contributed by atoms with Gasteiger partial charge in [-0.2, -0.15) is 10.1 Å². The van der Waals surface area contributed by atoms with E-state index in [1.165, 1.54) is 0 Å². The van der Waals surface area contributed by atoms with E-state index >= 15 is 0 Å². The first-order chi connectivity index (χ1) is 14.0. The van der Waals surface area contributed by atoms with E-state index in [4.69, 9.17) is 4.74 Å². The molecule has 0 saturated carbocycles. The number of hydrogen-bond donors (Lipinski definition) is 3. The lowest BCUT2D eigenvalue weighted by molar-refractivity contribution is 0.272. The highest BCUT2D eigenvalue weighted by atomic mass is 16.5. The maximum absolute atomic E-state index is 12.3. The molecule has 4 aromatic rings. The zero-order valence-electron chi connectivity index (χ0n) is 16.6. The molecule has 0 radical (unpaired) electrons. The van der Waals surface area contributed by atoms with Gasteiger partial charge in [0.1, 0.15) is 5.75 Å². The van der Waals surface area contributed by atoms with E-state index in [1.54, 1.807) is 0 Å². The van der Waals surface area contributed by atoms with Crippen LogP contribution in [-0.4, -0.2) is 33.8 Å². The fourth-order valence-corrected chi connectivity index (χ4v) is 3.19. The Hall–Kier alpha value is -3.61. The van der Waals surface area contributed by atoms with Crippen molar-refractivity contribution in [3.8, 4) is 28.3 Å². The van der Waals surface area contributed by atoms with Gasteiger partial charge in [0.2, 0.25) is 0 Å². The lowest BCUT2D eigenvalue weighted by atomic mass is 10.1. The van der Waals surface area contributed by atoms with Crippen LogP contribution >= 0.6 is 0 Å². The third-order valence-electron chi connectivity index (χ3n) is 4.59. The molecule has 2 aromatic heterocycles. The Morgan fingerprint density at radius 1 is 1.14 bits per heavy atom. The van der Waals surface area contributed by atoms with Crippen LogP contribution in [0.5, 0.6) is 5.75 Å². The molecule has 0 bridgehead atoms. The van der Waals surface area contributed by atoms with Crippen LogP contribution in [0.4, 0.5) is 5.82 Å². The molecular formula is C22H23N5O2. The van der Waals surface area contributed by atoms with E-state index in [1.807, 2.05) is 55.6 Å². The van der Waals surface area contributed by atoms with Gasteiger partial charge in [0.25, 0.3) is 0 Å². The predicted molar refractivity (Wildman–Crippen MR) is 115 cm³/mol. The van der Waals surface area contributed by atoms with Gasteiger partial charge in [-0.15, -0.1) is 0 Å². The van der Waals surface area contributed by atoms with E-state index < -0.39 is 5.69 Å². The van der Waals surface area contributed by atoms with Gasteiger partial charge < -0.3 is 15.0 Å².